The molecule has 0 amide bonds. The minimum absolute atomic E-state index is 0.814. The molecule has 108 valence electrons. The summed E-state index contributed by atoms with van der Waals surface area (Å²) in [5.74, 6) is 0.841. The summed E-state index contributed by atoms with van der Waals surface area (Å²) in [5, 5.41) is 8.41. The van der Waals surface area contributed by atoms with Gasteiger partial charge in [-0.3, -0.25) is 4.68 Å². The van der Waals surface area contributed by atoms with Crippen LogP contribution in [0, 0.1) is 0 Å². The fourth-order valence-electron chi connectivity index (χ4n) is 2.04. The number of rotatable bonds is 6. The molecule has 0 spiro atoms. The second kappa shape index (κ2) is 7.16. The van der Waals surface area contributed by atoms with Crippen LogP contribution in [0.5, 0.6) is 0 Å². The molecule has 1 aromatic carbocycles. The highest BCUT2D eigenvalue weighted by molar-refractivity contribution is 7.98. The van der Waals surface area contributed by atoms with E-state index in [1.165, 1.54) is 10.5 Å². The van der Waals surface area contributed by atoms with Gasteiger partial charge in [-0.15, -0.1) is 11.8 Å². The van der Waals surface area contributed by atoms with Crippen LogP contribution in [0.4, 0.5) is 0 Å². The molecule has 0 bridgehead atoms. The molecular formula is C15H20ClN3S. The van der Waals surface area contributed by atoms with Gasteiger partial charge in [0, 0.05) is 24.2 Å². The summed E-state index contributed by atoms with van der Waals surface area (Å²) in [6, 6.07) is 8.62. The molecule has 0 radical (unpaired) electrons. The molecule has 0 aliphatic heterocycles. The number of halogens is 1. The maximum absolute atomic E-state index is 6.36. The van der Waals surface area contributed by atoms with E-state index in [1.54, 1.807) is 11.8 Å². The largest absolute Gasteiger partial charge is 0.316 e. The van der Waals surface area contributed by atoms with Gasteiger partial charge >= 0.3 is 0 Å². The number of aromatic nitrogens is 2. The molecule has 0 unspecified atom stereocenters. The van der Waals surface area contributed by atoms with Crippen LogP contribution in [0.3, 0.4) is 0 Å². The summed E-state index contributed by atoms with van der Waals surface area (Å²) in [7, 11) is 3.91. The second-order valence-electron chi connectivity index (χ2n) is 4.65. The van der Waals surface area contributed by atoms with Gasteiger partial charge in [-0.05, 0) is 31.2 Å². The van der Waals surface area contributed by atoms with Crippen molar-refractivity contribution in [3.05, 3.63) is 46.2 Å². The molecule has 0 saturated carbocycles. The Bertz CT molecular complexity index is 563. The summed E-state index contributed by atoms with van der Waals surface area (Å²) < 4.78 is 1.89. The number of benzene rings is 1. The van der Waals surface area contributed by atoms with Gasteiger partial charge in [0.25, 0.3) is 0 Å². The summed E-state index contributed by atoms with van der Waals surface area (Å²) >= 11 is 8.14. The van der Waals surface area contributed by atoms with E-state index < -0.39 is 0 Å². The highest BCUT2D eigenvalue weighted by Crippen LogP contribution is 2.28. The molecule has 0 aliphatic rings. The van der Waals surface area contributed by atoms with E-state index in [2.05, 4.69) is 41.6 Å². The lowest BCUT2D eigenvalue weighted by atomic mass is 10.2. The number of thioether (sulfide) groups is 1. The number of nitrogens with one attached hydrogen (secondary N) is 1. The van der Waals surface area contributed by atoms with Crippen LogP contribution in [-0.4, -0.2) is 16.8 Å². The molecule has 0 aliphatic carbocycles. The van der Waals surface area contributed by atoms with Crippen molar-refractivity contribution >= 4 is 23.4 Å². The predicted molar refractivity (Wildman–Crippen MR) is 86.4 cm³/mol. The van der Waals surface area contributed by atoms with Gasteiger partial charge in [-0.2, -0.15) is 5.10 Å². The van der Waals surface area contributed by atoms with Gasteiger partial charge < -0.3 is 5.32 Å². The van der Waals surface area contributed by atoms with Crippen LogP contribution in [-0.2, 0) is 25.8 Å². The van der Waals surface area contributed by atoms with Crippen LogP contribution in [0.2, 0.25) is 5.02 Å². The van der Waals surface area contributed by atoms with Crippen LogP contribution in [0.25, 0.3) is 0 Å². The second-order valence-corrected chi connectivity index (χ2v) is 6.07. The SMILES string of the molecule is CCc1nn(C)c(CSc2ccc(CNC)cc2)c1Cl. The molecule has 1 aromatic heterocycles. The van der Waals surface area contributed by atoms with Gasteiger partial charge in [0.05, 0.1) is 16.4 Å². The Morgan fingerprint density at radius 1 is 1.30 bits per heavy atom. The lowest BCUT2D eigenvalue weighted by Gasteiger charge is -2.05. The number of nitrogens with zero attached hydrogens (tertiary/aromatic N) is 2. The van der Waals surface area contributed by atoms with E-state index >= 15 is 0 Å². The Morgan fingerprint density at radius 2 is 2.00 bits per heavy atom. The molecule has 0 saturated heterocycles. The molecule has 1 N–H and O–H groups in total. The fraction of sp³-hybridized carbons (Fsp3) is 0.400. The molecule has 3 nitrogen and oxygen atoms in total. The first-order chi connectivity index (χ1) is 9.65. The van der Waals surface area contributed by atoms with Crippen LogP contribution >= 0.6 is 23.4 Å². The molecule has 5 heteroatoms. The molecular weight excluding hydrogens is 290 g/mol. The van der Waals surface area contributed by atoms with Gasteiger partial charge in [-0.25, -0.2) is 0 Å². The third-order valence-electron chi connectivity index (χ3n) is 3.18. The molecule has 20 heavy (non-hydrogen) atoms. The fourth-order valence-corrected chi connectivity index (χ4v) is 3.44. The Balaban J connectivity index is 2.03. The van der Waals surface area contributed by atoms with Crippen molar-refractivity contribution in [1.29, 1.82) is 0 Å². The monoisotopic (exact) mass is 309 g/mol. The van der Waals surface area contributed by atoms with Crippen molar-refractivity contribution in [2.45, 2.75) is 30.5 Å². The van der Waals surface area contributed by atoms with Crippen molar-refractivity contribution in [2.24, 2.45) is 7.05 Å². The first-order valence-corrected chi connectivity index (χ1v) is 8.08. The Morgan fingerprint density at radius 3 is 2.55 bits per heavy atom. The number of hydrogen-bond donors (Lipinski definition) is 1. The number of hydrogen-bond acceptors (Lipinski definition) is 3. The van der Waals surface area contributed by atoms with E-state index in [0.29, 0.717) is 0 Å². The Hall–Kier alpha value is -0.970. The topological polar surface area (TPSA) is 29.9 Å². The number of aryl methyl sites for hydroxylation is 2. The molecule has 0 atom stereocenters. The predicted octanol–water partition coefficient (Wildman–Crippen LogP) is 3.65. The van der Waals surface area contributed by atoms with E-state index in [0.717, 1.165) is 35.1 Å². The zero-order valence-corrected chi connectivity index (χ0v) is 13.7. The molecule has 2 aromatic rings. The van der Waals surface area contributed by atoms with Crippen molar-refractivity contribution < 1.29 is 0 Å². The normalized spacial score (nSPS) is 11.0. The van der Waals surface area contributed by atoms with Crippen LogP contribution < -0.4 is 5.32 Å². The van der Waals surface area contributed by atoms with Crippen LogP contribution in [0.1, 0.15) is 23.9 Å². The van der Waals surface area contributed by atoms with E-state index in [-0.39, 0.29) is 0 Å². The van der Waals surface area contributed by atoms with Gasteiger partial charge in [-0.1, -0.05) is 30.7 Å². The molecule has 0 fully saturated rings. The smallest absolute Gasteiger partial charge is 0.0858 e. The van der Waals surface area contributed by atoms with Crippen molar-refractivity contribution in [2.75, 3.05) is 7.05 Å². The van der Waals surface area contributed by atoms with Crippen molar-refractivity contribution in [3.8, 4) is 0 Å². The average molecular weight is 310 g/mol. The zero-order valence-electron chi connectivity index (χ0n) is 12.1. The minimum Gasteiger partial charge on any atom is -0.316 e. The van der Waals surface area contributed by atoms with E-state index in [4.69, 9.17) is 11.6 Å². The van der Waals surface area contributed by atoms with E-state index in [9.17, 15) is 0 Å². The summed E-state index contributed by atoms with van der Waals surface area (Å²) in [6.45, 7) is 2.98. The highest BCUT2D eigenvalue weighted by Gasteiger charge is 2.12. The lowest BCUT2D eigenvalue weighted by Crippen LogP contribution is -2.04. The standard InChI is InChI=1S/C15H20ClN3S/c1-4-13-15(16)14(19(3)18-13)10-20-12-7-5-11(6-8-12)9-17-2/h5-8,17H,4,9-10H2,1-3H3. The maximum atomic E-state index is 6.36. The summed E-state index contributed by atoms with van der Waals surface area (Å²) in [6.07, 6.45) is 0.871. The van der Waals surface area contributed by atoms with E-state index in [1.807, 2.05) is 18.8 Å². The van der Waals surface area contributed by atoms with Crippen LogP contribution in [0.15, 0.2) is 29.2 Å². The molecule has 2 rings (SSSR count). The third-order valence-corrected chi connectivity index (χ3v) is 4.64. The average Bonchev–Trinajstić information content (AvgIpc) is 2.73. The minimum atomic E-state index is 0.814. The third kappa shape index (κ3) is 3.57. The first-order valence-electron chi connectivity index (χ1n) is 6.72. The Labute approximate surface area is 129 Å². The van der Waals surface area contributed by atoms with Gasteiger partial charge in [0.2, 0.25) is 0 Å². The maximum Gasteiger partial charge on any atom is 0.0858 e. The first kappa shape index (κ1) is 15.4. The highest BCUT2D eigenvalue weighted by atomic mass is 35.5. The molecule has 1 heterocycles. The lowest BCUT2D eigenvalue weighted by molar-refractivity contribution is 0.720. The van der Waals surface area contributed by atoms with Gasteiger partial charge in [0.1, 0.15) is 0 Å². The Kier molecular flexibility index (Phi) is 5.52. The summed E-state index contributed by atoms with van der Waals surface area (Å²) in [4.78, 5) is 1.25. The summed E-state index contributed by atoms with van der Waals surface area (Å²) in [5.41, 5.74) is 3.37. The van der Waals surface area contributed by atoms with Gasteiger partial charge in [0.15, 0.2) is 0 Å². The van der Waals surface area contributed by atoms with Crippen molar-refractivity contribution in [1.82, 2.24) is 15.1 Å². The quantitative estimate of drug-likeness (QED) is 0.826. The zero-order chi connectivity index (χ0) is 14.5. The van der Waals surface area contributed by atoms with Crippen molar-refractivity contribution in [3.63, 3.8) is 0 Å².